The molecule has 0 amide bonds. The molecule has 3 atom stereocenters. The minimum Gasteiger partial charge on any atom is -0.389 e. The quantitative estimate of drug-likeness (QED) is 0.719. The fraction of sp³-hybridized carbons (Fsp3) is 1.00. The summed E-state index contributed by atoms with van der Waals surface area (Å²) in [5.74, 6) is 1.03. The first-order valence-corrected chi connectivity index (χ1v) is 7.57. The number of hydrogen-bond donors (Lipinski definition) is 1. The molecular formula is C16H30O2. The zero-order valence-electron chi connectivity index (χ0n) is 12.8. The van der Waals surface area contributed by atoms with Crippen LogP contribution in [0.1, 0.15) is 73.1 Å². The zero-order valence-corrected chi connectivity index (χ0v) is 12.8. The van der Waals surface area contributed by atoms with Gasteiger partial charge in [-0.1, -0.05) is 19.8 Å². The molecular weight excluding hydrogens is 224 g/mol. The first kappa shape index (κ1) is 14.3. The lowest BCUT2D eigenvalue weighted by Crippen LogP contribution is -2.46. The summed E-state index contributed by atoms with van der Waals surface area (Å²) in [6, 6.07) is 0. The summed E-state index contributed by atoms with van der Waals surface area (Å²) in [6.07, 6.45) is 6.45. The fourth-order valence-corrected chi connectivity index (χ4v) is 4.27. The molecule has 1 saturated heterocycles. The van der Waals surface area contributed by atoms with E-state index in [1.54, 1.807) is 0 Å². The summed E-state index contributed by atoms with van der Waals surface area (Å²) in [7, 11) is 0. The third-order valence-electron chi connectivity index (χ3n) is 5.10. The van der Waals surface area contributed by atoms with E-state index in [-0.39, 0.29) is 17.1 Å². The molecule has 0 aromatic rings. The van der Waals surface area contributed by atoms with E-state index in [0.717, 1.165) is 38.0 Å². The summed E-state index contributed by atoms with van der Waals surface area (Å²) in [6.45, 7) is 10.9. The SMILES string of the molecule is CC1CCCC(O)(C2CC(C)(C)OC2(C)C)CC1. The van der Waals surface area contributed by atoms with Crippen molar-refractivity contribution < 1.29 is 9.84 Å². The van der Waals surface area contributed by atoms with Crippen molar-refractivity contribution in [3.05, 3.63) is 0 Å². The molecule has 0 spiro atoms. The van der Waals surface area contributed by atoms with E-state index in [0.29, 0.717) is 0 Å². The highest BCUT2D eigenvalue weighted by molar-refractivity contribution is 5.04. The second-order valence-electron chi connectivity index (χ2n) is 7.86. The summed E-state index contributed by atoms with van der Waals surface area (Å²) in [5, 5.41) is 11.2. The van der Waals surface area contributed by atoms with Crippen LogP contribution in [-0.4, -0.2) is 21.9 Å². The molecule has 1 aliphatic carbocycles. The molecule has 18 heavy (non-hydrogen) atoms. The summed E-state index contributed by atoms with van der Waals surface area (Å²) in [4.78, 5) is 0. The van der Waals surface area contributed by atoms with Gasteiger partial charge < -0.3 is 9.84 Å². The smallest absolute Gasteiger partial charge is 0.0704 e. The van der Waals surface area contributed by atoms with Crippen LogP contribution < -0.4 is 0 Å². The Kier molecular flexibility index (Phi) is 3.57. The van der Waals surface area contributed by atoms with Crippen LogP contribution in [0, 0.1) is 11.8 Å². The predicted molar refractivity (Wildman–Crippen MR) is 74.5 cm³/mol. The monoisotopic (exact) mass is 254 g/mol. The minimum atomic E-state index is -0.512. The molecule has 0 aromatic carbocycles. The number of ether oxygens (including phenoxy) is 1. The largest absolute Gasteiger partial charge is 0.389 e. The first-order chi connectivity index (χ1) is 8.15. The molecule has 3 unspecified atom stereocenters. The number of rotatable bonds is 1. The van der Waals surface area contributed by atoms with Crippen LogP contribution in [0.5, 0.6) is 0 Å². The van der Waals surface area contributed by atoms with Gasteiger partial charge in [0.05, 0.1) is 16.8 Å². The molecule has 0 aromatic heterocycles. The fourth-order valence-electron chi connectivity index (χ4n) is 4.27. The molecule has 2 aliphatic rings. The number of aliphatic hydroxyl groups is 1. The second kappa shape index (κ2) is 4.49. The van der Waals surface area contributed by atoms with Gasteiger partial charge >= 0.3 is 0 Å². The lowest BCUT2D eigenvalue weighted by molar-refractivity contribution is -0.118. The number of hydrogen-bond acceptors (Lipinski definition) is 2. The Bertz CT molecular complexity index is 308. The van der Waals surface area contributed by atoms with Crippen LogP contribution in [0.4, 0.5) is 0 Å². The van der Waals surface area contributed by atoms with Crippen LogP contribution in [0.15, 0.2) is 0 Å². The van der Waals surface area contributed by atoms with E-state index in [9.17, 15) is 5.11 Å². The summed E-state index contributed by atoms with van der Waals surface area (Å²) >= 11 is 0. The van der Waals surface area contributed by atoms with Crippen LogP contribution in [-0.2, 0) is 4.74 Å². The van der Waals surface area contributed by atoms with Gasteiger partial charge in [-0.2, -0.15) is 0 Å². The van der Waals surface area contributed by atoms with Crippen molar-refractivity contribution in [2.75, 3.05) is 0 Å². The molecule has 2 heteroatoms. The molecule has 1 saturated carbocycles. The third kappa shape index (κ3) is 2.75. The van der Waals surface area contributed by atoms with Crippen molar-refractivity contribution in [3.8, 4) is 0 Å². The van der Waals surface area contributed by atoms with Crippen molar-refractivity contribution >= 4 is 0 Å². The molecule has 1 N–H and O–H groups in total. The zero-order chi connectivity index (χ0) is 13.6. The van der Waals surface area contributed by atoms with E-state index in [1.807, 2.05) is 0 Å². The van der Waals surface area contributed by atoms with E-state index in [4.69, 9.17) is 4.74 Å². The second-order valence-corrected chi connectivity index (χ2v) is 7.86. The lowest BCUT2D eigenvalue weighted by Gasteiger charge is -2.40. The molecule has 2 rings (SSSR count). The van der Waals surface area contributed by atoms with E-state index >= 15 is 0 Å². The Morgan fingerprint density at radius 3 is 2.28 bits per heavy atom. The Labute approximate surface area is 112 Å². The lowest BCUT2D eigenvalue weighted by atomic mass is 9.71. The average Bonchev–Trinajstić information content (AvgIpc) is 2.33. The van der Waals surface area contributed by atoms with E-state index < -0.39 is 5.60 Å². The van der Waals surface area contributed by atoms with E-state index in [2.05, 4.69) is 34.6 Å². The Hall–Kier alpha value is -0.0800. The van der Waals surface area contributed by atoms with Crippen LogP contribution >= 0.6 is 0 Å². The van der Waals surface area contributed by atoms with Crippen molar-refractivity contribution in [2.24, 2.45) is 11.8 Å². The van der Waals surface area contributed by atoms with Gasteiger partial charge in [0.15, 0.2) is 0 Å². The molecule has 2 nitrogen and oxygen atoms in total. The molecule has 106 valence electrons. The Morgan fingerprint density at radius 2 is 1.72 bits per heavy atom. The highest BCUT2D eigenvalue weighted by Gasteiger charge is 2.54. The maximum Gasteiger partial charge on any atom is 0.0704 e. The maximum absolute atomic E-state index is 11.2. The van der Waals surface area contributed by atoms with Gasteiger partial charge in [0.2, 0.25) is 0 Å². The van der Waals surface area contributed by atoms with Crippen LogP contribution in [0.25, 0.3) is 0 Å². The van der Waals surface area contributed by atoms with Gasteiger partial charge in [-0.15, -0.1) is 0 Å². The average molecular weight is 254 g/mol. The normalized spacial score (nSPS) is 43.7. The molecule has 1 aliphatic heterocycles. The van der Waals surface area contributed by atoms with Crippen molar-refractivity contribution in [1.82, 2.24) is 0 Å². The maximum atomic E-state index is 11.2. The van der Waals surface area contributed by atoms with Crippen LogP contribution in [0.2, 0.25) is 0 Å². The minimum absolute atomic E-state index is 0.0954. The van der Waals surface area contributed by atoms with E-state index in [1.165, 1.54) is 6.42 Å². The molecule has 0 bridgehead atoms. The predicted octanol–water partition coefficient (Wildman–Crippen LogP) is 3.91. The molecule has 2 fully saturated rings. The van der Waals surface area contributed by atoms with Gasteiger partial charge in [0, 0.05) is 5.92 Å². The third-order valence-corrected chi connectivity index (χ3v) is 5.10. The van der Waals surface area contributed by atoms with Crippen molar-refractivity contribution in [2.45, 2.75) is 89.9 Å². The highest BCUT2D eigenvalue weighted by atomic mass is 16.5. The first-order valence-electron chi connectivity index (χ1n) is 7.57. The van der Waals surface area contributed by atoms with Crippen LogP contribution in [0.3, 0.4) is 0 Å². The van der Waals surface area contributed by atoms with Gasteiger partial charge in [-0.05, 0) is 59.3 Å². The summed E-state index contributed by atoms with van der Waals surface area (Å²) in [5.41, 5.74) is -0.810. The van der Waals surface area contributed by atoms with Gasteiger partial charge in [-0.25, -0.2) is 0 Å². The van der Waals surface area contributed by atoms with Crippen molar-refractivity contribution in [3.63, 3.8) is 0 Å². The van der Waals surface area contributed by atoms with Gasteiger partial charge in [-0.3, -0.25) is 0 Å². The highest BCUT2D eigenvalue weighted by Crippen LogP contribution is 2.50. The molecule has 0 radical (unpaired) electrons. The standard InChI is InChI=1S/C16H30O2/c1-12-7-6-9-16(17,10-8-12)13-11-14(2,3)18-15(13,4)5/h12-13,17H,6-11H2,1-5H3. The summed E-state index contributed by atoms with van der Waals surface area (Å²) < 4.78 is 6.17. The molecule has 1 heterocycles. The van der Waals surface area contributed by atoms with Gasteiger partial charge in [0.1, 0.15) is 0 Å². The van der Waals surface area contributed by atoms with Gasteiger partial charge in [0.25, 0.3) is 0 Å². The Balaban J connectivity index is 2.19. The Morgan fingerprint density at radius 1 is 1.06 bits per heavy atom. The van der Waals surface area contributed by atoms with Crippen molar-refractivity contribution in [1.29, 1.82) is 0 Å². The topological polar surface area (TPSA) is 29.5 Å².